The Balaban J connectivity index is 1.58. The minimum atomic E-state index is -0.0954. The molecule has 1 aromatic carbocycles. The van der Waals surface area contributed by atoms with Gasteiger partial charge in [-0.05, 0) is 18.2 Å². The number of thioether (sulfide) groups is 1. The second kappa shape index (κ2) is 8.55. The molecule has 1 N–H and O–H groups in total. The Morgan fingerprint density at radius 2 is 2.20 bits per heavy atom. The molecule has 0 radical (unpaired) electrons. The van der Waals surface area contributed by atoms with Crippen molar-refractivity contribution in [1.82, 2.24) is 10.1 Å². The molecule has 0 bridgehead atoms. The zero-order valence-electron chi connectivity index (χ0n) is 13.8. The predicted molar refractivity (Wildman–Crippen MR) is 98.3 cm³/mol. The number of halogens is 1. The van der Waals surface area contributed by atoms with Gasteiger partial charge in [-0.3, -0.25) is 4.79 Å². The fourth-order valence-corrected chi connectivity index (χ4v) is 3.34. The molecule has 25 heavy (non-hydrogen) atoms. The van der Waals surface area contributed by atoms with E-state index in [1.165, 1.54) is 11.8 Å². The molecule has 0 saturated carbocycles. The van der Waals surface area contributed by atoms with E-state index in [4.69, 9.17) is 20.9 Å². The van der Waals surface area contributed by atoms with Crippen LogP contribution in [0.25, 0.3) is 0 Å². The van der Waals surface area contributed by atoms with Gasteiger partial charge < -0.3 is 19.5 Å². The highest BCUT2D eigenvalue weighted by Gasteiger charge is 2.16. The molecule has 2 heterocycles. The Kier molecular flexibility index (Phi) is 6.17. The molecule has 9 heteroatoms. The van der Waals surface area contributed by atoms with Crippen LogP contribution in [-0.2, 0) is 15.3 Å². The lowest BCUT2D eigenvalue weighted by molar-refractivity contribution is -0.113. The smallest absolute Gasteiger partial charge is 0.234 e. The van der Waals surface area contributed by atoms with Crippen molar-refractivity contribution in [2.45, 2.75) is 12.7 Å². The van der Waals surface area contributed by atoms with Gasteiger partial charge in [-0.1, -0.05) is 16.8 Å². The van der Waals surface area contributed by atoms with Crippen LogP contribution in [0.2, 0.25) is 5.02 Å². The van der Waals surface area contributed by atoms with E-state index in [-0.39, 0.29) is 5.91 Å². The number of amides is 1. The Morgan fingerprint density at radius 1 is 1.40 bits per heavy atom. The molecule has 1 saturated heterocycles. The van der Waals surface area contributed by atoms with Crippen LogP contribution in [0.3, 0.4) is 0 Å². The zero-order valence-corrected chi connectivity index (χ0v) is 15.4. The molecular weight excluding hydrogens is 364 g/mol. The SMILES string of the molecule is Cc1nc(CSCC(=O)Nc2cc(Cl)ccc2N2CCOCC2)no1. The number of hydrogen-bond donors (Lipinski definition) is 1. The lowest BCUT2D eigenvalue weighted by atomic mass is 10.2. The third-order valence-corrected chi connectivity index (χ3v) is 4.78. The number of aryl methyl sites for hydroxylation is 1. The maximum absolute atomic E-state index is 12.3. The normalized spacial score (nSPS) is 14.6. The molecule has 0 atom stereocenters. The highest BCUT2D eigenvalue weighted by molar-refractivity contribution is 7.99. The summed E-state index contributed by atoms with van der Waals surface area (Å²) in [4.78, 5) is 18.6. The molecule has 0 spiro atoms. The molecule has 1 fully saturated rings. The van der Waals surface area contributed by atoms with Crippen molar-refractivity contribution < 1.29 is 14.1 Å². The van der Waals surface area contributed by atoms with E-state index in [0.717, 1.165) is 24.5 Å². The third kappa shape index (κ3) is 5.10. The lowest BCUT2D eigenvalue weighted by Crippen LogP contribution is -2.36. The van der Waals surface area contributed by atoms with Gasteiger partial charge in [0.25, 0.3) is 0 Å². The van der Waals surface area contributed by atoms with Gasteiger partial charge in [-0.15, -0.1) is 11.8 Å². The van der Waals surface area contributed by atoms with Crippen molar-refractivity contribution >= 4 is 40.6 Å². The van der Waals surface area contributed by atoms with Crippen molar-refractivity contribution in [3.8, 4) is 0 Å². The van der Waals surface area contributed by atoms with Crippen LogP contribution in [0.4, 0.5) is 11.4 Å². The molecular formula is C16H19ClN4O3S. The molecule has 1 amide bonds. The number of aromatic nitrogens is 2. The Bertz CT molecular complexity index is 734. The summed E-state index contributed by atoms with van der Waals surface area (Å²) < 4.78 is 10.3. The number of rotatable bonds is 6. The third-order valence-electron chi connectivity index (χ3n) is 3.62. The van der Waals surface area contributed by atoms with E-state index in [9.17, 15) is 4.79 Å². The van der Waals surface area contributed by atoms with Crippen molar-refractivity contribution in [2.24, 2.45) is 0 Å². The number of carbonyl (C=O) groups is 1. The number of benzene rings is 1. The van der Waals surface area contributed by atoms with Crippen molar-refractivity contribution in [1.29, 1.82) is 0 Å². The van der Waals surface area contributed by atoms with E-state index in [2.05, 4.69) is 20.4 Å². The fraction of sp³-hybridized carbons (Fsp3) is 0.438. The topological polar surface area (TPSA) is 80.5 Å². The molecule has 3 rings (SSSR count). The van der Waals surface area contributed by atoms with Crippen LogP contribution in [0.15, 0.2) is 22.7 Å². The van der Waals surface area contributed by atoms with Gasteiger partial charge in [0.15, 0.2) is 5.82 Å². The summed E-state index contributed by atoms with van der Waals surface area (Å²) >= 11 is 7.53. The first-order valence-corrected chi connectivity index (χ1v) is 9.44. The number of carbonyl (C=O) groups excluding carboxylic acids is 1. The highest BCUT2D eigenvalue weighted by atomic mass is 35.5. The average molecular weight is 383 g/mol. The van der Waals surface area contributed by atoms with Gasteiger partial charge >= 0.3 is 0 Å². The van der Waals surface area contributed by atoms with E-state index in [1.807, 2.05) is 12.1 Å². The molecule has 0 unspecified atom stereocenters. The first-order valence-electron chi connectivity index (χ1n) is 7.91. The number of morpholine rings is 1. The van der Waals surface area contributed by atoms with Crippen LogP contribution in [0, 0.1) is 6.92 Å². The van der Waals surface area contributed by atoms with Crippen molar-refractivity contribution in [3.63, 3.8) is 0 Å². The van der Waals surface area contributed by atoms with Gasteiger partial charge in [-0.25, -0.2) is 0 Å². The predicted octanol–water partition coefficient (Wildman–Crippen LogP) is 2.74. The first-order chi connectivity index (χ1) is 12.1. The van der Waals surface area contributed by atoms with E-state index >= 15 is 0 Å². The Labute approximate surface area is 155 Å². The van der Waals surface area contributed by atoms with Crippen LogP contribution in [-0.4, -0.2) is 48.1 Å². The van der Waals surface area contributed by atoms with Crippen molar-refractivity contribution in [2.75, 3.05) is 42.3 Å². The number of nitrogens with zero attached hydrogens (tertiary/aromatic N) is 3. The molecule has 1 aliphatic heterocycles. The number of ether oxygens (including phenoxy) is 1. The second-order valence-corrected chi connectivity index (χ2v) is 6.95. The molecule has 7 nitrogen and oxygen atoms in total. The van der Waals surface area contributed by atoms with Crippen LogP contribution in [0.5, 0.6) is 0 Å². The summed E-state index contributed by atoms with van der Waals surface area (Å²) in [7, 11) is 0. The lowest BCUT2D eigenvalue weighted by Gasteiger charge is -2.30. The summed E-state index contributed by atoms with van der Waals surface area (Å²) in [5, 5.41) is 7.34. The van der Waals surface area contributed by atoms with Crippen LogP contribution >= 0.6 is 23.4 Å². The van der Waals surface area contributed by atoms with Gasteiger partial charge in [-0.2, -0.15) is 4.98 Å². The number of nitrogens with one attached hydrogen (secondary N) is 1. The number of anilines is 2. The Morgan fingerprint density at radius 3 is 2.92 bits per heavy atom. The first kappa shape index (κ1) is 18.0. The second-order valence-electron chi connectivity index (χ2n) is 5.53. The molecule has 1 aromatic heterocycles. The summed E-state index contributed by atoms with van der Waals surface area (Å²) in [5.74, 6) is 1.84. The Hall–Kier alpha value is -1.77. The fourth-order valence-electron chi connectivity index (χ4n) is 2.51. The molecule has 134 valence electrons. The minimum Gasteiger partial charge on any atom is -0.378 e. The maximum atomic E-state index is 12.3. The monoisotopic (exact) mass is 382 g/mol. The zero-order chi connectivity index (χ0) is 17.6. The van der Waals surface area contributed by atoms with Gasteiger partial charge in [0.2, 0.25) is 11.8 Å². The van der Waals surface area contributed by atoms with Crippen molar-refractivity contribution in [3.05, 3.63) is 34.9 Å². The quantitative estimate of drug-likeness (QED) is 0.822. The van der Waals surface area contributed by atoms with Crippen LogP contribution in [0.1, 0.15) is 11.7 Å². The molecule has 1 aliphatic rings. The summed E-state index contributed by atoms with van der Waals surface area (Å²) in [6.07, 6.45) is 0. The number of hydrogen-bond acceptors (Lipinski definition) is 7. The summed E-state index contributed by atoms with van der Waals surface area (Å²) in [5.41, 5.74) is 1.68. The van der Waals surface area contributed by atoms with Gasteiger partial charge in [0, 0.05) is 25.0 Å². The van der Waals surface area contributed by atoms with Gasteiger partial charge in [0.05, 0.1) is 36.1 Å². The average Bonchev–Trinajstić information content (AvgIpc) is 3.01. The maximum Gasteiger partial charge on any atom is 0.234 e. The minimum absolute atomic E-state index is 0.0954. The van der Waals surface area contributed by atoms with E-state index < -0.39 is 0 Å². The van der Waals surface area contributed by atoms with Crippen LogP contribution < -0.4 is 10.2 Å². The summed E-state index contributed by atoms with van der Waals surface area (Å²) in [6.45, 7) is 4.67. The molecule has 0 aliphatic carbocycles. The largest absolute Gasteiger partial charge is 0.378 e. The van der Waals surface area contributed by atoms with Gasteiger partial charge in [0.1, 0.15) is 0 Å². The molecule has 2 aromatic rings. The van der Waals surface area contributed by atoms with E-state index in [1.54, 1.807) is 13.0 Å². The van der Waals surface area contributed by atoms with E-state index in [0.29, 0.717) is 41.5 Å². The highest BCUT2D eigenvalue weighted by Crippen LogP contribution is 2.30. The summed E-state index contributed by atoms with van der Waals surface area (Å²) in [6, 6.07) is 5.53. The standard InChI is InChI=1S/C16H19ClN4O3S/c1-11-18-15(20-24-11)9-25-10-16(22)19-13-8-12(17)2-3-14(13)21-4-6-23-7-5-21/h2-3,8H,4-7,9-10H2,1H3,(H,19,22).